The zero-order valence-corrected chi connectivity index (χ0v) is 17.2. The van der Waals surface area contributed by atoms with Crippen LogP contribution in [0.2, 0.25) is 0 Å². The van der Waals surface area contributed by atoms with Crippen molar-refractivity contribution in [2.75, 3.05) is 32.8 Å². The molecule has 3 heterocycles. The summed E-state index contributed by atoms with van der Waals surface area (Å²) >= 11 is 0. The number of carbonyl (C=O) groups is 1. The van der Waals surface area contributed by atoms with Crippen molar-refractivity contribution in [3.05, 3.63) is 28.7 Å². The molecule has 4 rings (SSSR count). The Morgan fingerprint density at radius 3 is 2.55 bits per heavy atom. The fourth-order valence-electron chi connectivity index (χ4n) is 4.60. The minimum Gasteiger partial charge on any atom is -0.450 e. The van der Waals surface area contributed by atoms with Crippen LogP contribution in [0, 0.1) is 0 Å². The third-order valence-electron chi connectivity index (χ3n) is 5.99. The maximum absolute atomic E-state index is 12.5. The number of H-pyrrole nitrogens is 1. The van der Waals surface area contributed by atoms with Crippen LogP contribution >= 0.6 is 0 Å². The molecule has 170 valence electrons. The first kappa shape index (κ1) is 21.5. The summed E-state index contributed by atoms with van der Waals surface area (Å²) in [5.41, 5.74) is 0.536. The number of aromatic nitrogens is 2. The molecule has 0 saturated carbocycles. The lowest BCUT2D eigenvalue weighted by Crippen LogP contribution is -2.44. The highest BCUT2D eigenvalue weighted by molar-refractivity contribution is 5.77. The third kappa shape index (κ3) is 4.65. The van der Waals surface area contributed by atoms with E-state index < -0.39 is 6.36 Å². The second kappa shape index (κ2) is 8.45. The predicted molar refractivity (Wildman–Crippen MR) is 106 cm³/mol. The van der Waals surface area contributed by atoms with Crippen molar-refractivity contribution < 1.29 is 27.4 Å². The Balaban J connectivity index is 1.41. The number of likely N-dealkylation sites (tertiary alicyclic amines) is 2. The molecule has 0 aliphatic carbocycles. The van der Waals surface area contributed by atoms with E-state index in [0.717, 1.165) is 32.4 Å². The summed E-state index contributed by atoms with van der Waals surface area (Å²) in [6.45, 7) is 5.01. The van der Waals surface area contributed by atoms with Gasteiger partial charge in [0.05, 0.1) is 17.6 Å². The first-order valence-electron chi connectivity index (χ1n) is 10.4. The Kier molecular flexibility index (Phi) is 5.87. The van der Waals surface area contributed by atoms with E-state index in [2.05, 4.69) is 14.6 Å². The number of fused-ring (bicyclic) bond motifs is 1. The van der Waals surface area contributed by atoms with Crippen molar-refractivity contribution in [1.29, 1.82) is 0 Å². The number of hydrogen-bond donors (Lipinski definition) is 1. The molecule has 1 atom stereocenters. The number of alkyl halides is 3. The number of nitrogens with one attached hydrogen (secondary N) is 1. The number of nitrogens with zero attached hydrogens (tertiary/aromatic N) is 3. The van der Waals surface area contributed by atoms with Crippen molar-refractivity contribution >= 4 is 17.1 Å². The normalized spacial score (nSPS) is 21.0. The fraction of sp³-hybridized carbons (Fsp3) is 0.600. The number of benzene rings is 1. The van der Waals surface area contributed by atoms with Crippen LogP contribution in [-0.4, -0.2) is 70.6 Å². The van der Waals surface area contributed by atoms with Crippen LogP contribution in [0.5, 0.6) is 5.75 Å². The Labute approximate surface area is 176 Å². The molecule has 0 bridgehead atoms. The van der Waals surface area contributed by atoms with E-state index >= 15 is 0 Å². The molecular weight excluding hydrogens is 417 g/mol. The van der Waals surface area contributed by atoms with Gasteiger partial charge in [0.15, 0.2) is 0 Å². The number of imidazole rings is 1. The van der Waals surface area contributed by atoms with Gasteiger partial charge < -0.3 is 19.4 Å². The molecule has 1 unspecified atom stereocenters. The molecule has 1 aromatic heterocycles. The van der Waals surface area contributed by atoms with Crippen LogP contribution in [-0.2, 0) is 4.74 Å². The van der Waals surface area contributed by atoms with Gasteiger partial charge in [0.1, 0.15) is 5.75 Å². The summed E-state index contributed by atoms with van der Waals surface area (Å²) < 4.78 is 48.0. The van der Waals surface area contributed by atoms with Gasteiger partial charge in [-0.2, -0.15) is 0 Å². The molecule has 1 N–H and O–H groups in total. The number of hydrogen-bond acceptors (Lipinski definition) is 5. The number of halogens is 3. The van der Waals surface area contributed by atoms with Crippen LogP contribution in [0.1, 0.15) is 32.2 Å². The average molecular weight is 442 g/mol. The standard InChI is InChI=1S/C20H25F3N4O4/c1-2-30-19(29)26-10-7-14(12-26)25-8-5-13(6-9-25)27-17-4-3-15(31-20(21,22)23)11-16(17)24-18(27)28/h3-4,11,13-14H,2,5-10,12H2,1H3,(H,24,28). The topological polar surface area (TPSA) is 79.8 Å². The van der Waals surface area contributed by atoms with Crippen molar-refractivity contribution in [3.63, 3.8) is 0 Å². The van der Waals surface area contributed by atoms with Gasteiger partial charge in [0, 0.05) is 44.3 Å². The van der Waals surface area contributed by atoms with E-state index in [1.54, 1.807) is 16.4 Å². The fourth-order valence-corrected chi connectivity index (χ4v) is 4.60. The maximum atomic E-state index is 12.5. The molecule has 1 aromatic carbocycles. The highest BCUT2D eigenvalue weighted by Crippen LogP contribution is 2.30. The number of amides is 1. The summed E-state index contributed by atoms with van der Waals surface area (Å²) in [5, 5.41) is 0. The molecule has 0 radical (unpaired) electrons. The molecule has 31 heavy (non-hydrogen) atoms. The minimum absolute atomic E-state index is 0.0468. The number of carbonyl (C=O) groups excluding carboxylic acids is 1. The van der Waals surface area contributed by atoms with Crippen molar-refractivity contribution in [2.45, 2.75) is 44.6 Å². The molecular formula is C20H25F3N4O4. The Bertz CT molecular complexity index is 994. The van der Waals surface area contributed by atoms with Gasteiger partial charge in [0.25, 0.3) is 0 Å². The molecule has 2 aliphatic heterocycles. The van der Waals surface area contributed by atoms with Gasteiger partial charge in [-0.3, -0.25) is 9.47 Å². The predicted octanol–water partition coefficient (Wildman–Crippen LogP) is 3.10. The van der Waals surface area contributed by atoms with Gasteiger partial charge in [-0.1, -0.05) is 0 Å². The Morgan fingerprint density at radius 2 is 1.87 bits per heavy atom. The number of ether oxygens (including phenoxy) is 2. The van der Waals surface area contributed by atoms with E-state index in [0.29, 0.717) is 30.7 Å². The molecule has 2 saturated heterocycles. The monoisotopic (exact) mass is 442 g/mol. The van der Waals surface area contributed by atoms with Crippen LogP contribution in [0.3, 0.4) is 0 Å². The highest BCUT2D eigenvalue weighted by Gasteiger charge is 2.34. The van der Waals surface area contributed by atoms with E-state index in [-0.39, 0.29) is 29.6 Å². The number of rotatable bonds is 4. The summed E-state index contributed by atoms with van der Waals surface area (Å²) in [6, 6.07) is 4.12. The van der Waals surface area contributed by atoms with E-state index in [4.69, 9.17) is 4.74 Å². The van der Waals surface area contributed by atoms with E-state index in [1.807, 2.05) is 0 Å². The van der Waals surface area contributed by atoms with Gasteiger partial charge >= 0.3 is 18.1 Å². The van der Waals surface area contributed by atoms with E-state index in [1.165, 1.54) is 18.2 Å². The second-order valence-electron chi connectivity index (χ2n) is 7.88. The average Bonchev–Trinajstić information content (AvgIpc) is 3.31. The summed E-state index contributed by atoms with van der Waals surface area (Å²) in [5.74, 6) is -0.365. The molecule has 0 spiro atoms. The first-order chi connectivity index (χ1) is 14.7. The maximum Gasteiger partial charge on any atom is 0.573 e. The SMILES string of the molecule is CCOC(=O)N1CCC(N2CCC(n3c(=O)[nH]c4cc(OC(F)(F)F)ccc43)CC2)C1. The summed E-state index contributed by atoms with van der Waals surface area (Å²) in [6.07, 6.45) is -2.70. The molecule has 1 amide bonds. The first-order valence-corrected chi connectivity index (χ1v) is 10.4. The molecule has 2 fully saturated rings. The van der Waals surface area contributed by atoms with Gasteiger partial charge in [-0.05, 0) is 38.3 Å². The largest absolute Gasteiger partial charge is 0.573 e. The zero-order chi connectivity index (χ0) is 22.2. The highest BCUT2D eigenvalue weighted by atomic mass is 19.4. The molecule has 11 heteroatoms. The van der Waals surface area contributed by atoms with Gasteiger partial charge in [-0.25, -0.2) is 9.59 Å². The van der Waals surface area contributed by atoms with Gasteiger partial charge in [-0.15, -0.1) is 13.2 Å². The van der Waals surface area contributed by atoms with Crippen LogP contribution < -0.4 is 10.4 Å². The Hall–Kier alpha value is -2.69. The lowest BCUT2D eigenvalue weighted by Gasteiger charge is -2.36. The van der Waals surface area contributed by atoms with Gasteiger partial charge in [0.2, 0.25) is 0 Å². The Morgan fingerprint density at radius 1 is 1.16 bits per heavy atom. The quantitative estimate of drug-likeness (QED) is 0.787. The third-order valence-corrected chi connectivity index (χ3v) is 5.99. The minimum atomic E-state index is -4.79. The summed E-state index contributed by atoms with van der Waals surface area (Å²) in [4.78, 5) is 31.1. The van der Waals surface area contributed by atoms with E-state index in [9.17, 15) is 22.8 Å². The number of aromatic amines is 1. The zero-order valence-electron chi connectivity index (χ0n) is 17.2. The summed E-state index contributed by atoms with van der Waals surface area (Å²) in [7, 11) is 0. The van der Waals surface area contributed by atoms with Crippen molar-refractivity contribution in [2.24, 2.45) is 0 Å². The van der Waals surface area contributed by atoms with Crippen LogP contribution in [0.15, 0.2) is 23.0 Å². The van der Waals surface area contributed by atoms with Crippen LogP contribution in [0.25, 0.3) is 11.0 Å². The number of piperidine rings is 1. The van der Waals surface area contributed by atoms with Crippen molar-refractivity contribution in [1.82, 2.24) is 19.4 Å². The molecule has 2 aliphatic rings. The second-order valence-corrected chi connectivity index (χ2v) is 7.88. The van der Waals surface area contributed by atoms with Crippen LogP contribution in [0.4, 0.5) is 18.0 Å². The molecule has 2 aromatic rings. The molecule has 8 nitrogen and oxygen atoms in total. The lowest BCUT2D eigenvalue weighted by molar-refractivity contribution is -0.274. The lowest BCUT2D eigenvalue weighted by atomic mass is 10.0. The van der Waals surface area contributed by atoms with Crippen molar-refractivity contribution in [3.8, 4) is 5.75 Å². The smallest absolute Gasteiger partial charge is 0.450 e.